The van der Waals surface area contributed by atoms with E-state index in [4.69, 9.17) is 0 Å². The lowest BCUT2D eigenvalue weighted by atomic mass is 10.1. The van der Waals surface area contributed by atoms with E-state index in [1.807, 2.05) is 62.5 Å². The van der Waals surface area contributed by atoms with E-state index in [2.05, 4.69) is 10.3 Å². The predicted molar refractivity (Wildman–Crippen MR) is 109 cm³/mol. The molecule has 0 spiro atoms. The maximum absolute atomic E-state index is 12.3. The van der Waals surface area contributed by atoms with E-state index in [0.29, 0.717) is 19.5 Å². The molecule has 2 N–H and O–H groups in total. The number of para-hydroxylation sites is 1. The van der Waals surface area contributed by atoms with E-state index in [1.54, 1.807) is 11.8 Å². The minimum atomic E-state index is -0.0525. The van der Waals surface area contributed by atoms with Crippen LogP contribution in [0.2, 0.25) is 0 Å². The lowest BCUT2D eigenvalue weighted by Gasteiger charge is -2.22. The SMILES string of the molecule is CC(=O)N(CCNC(=O)Cc1c[nH]c2ccccc12)c1ccc(C)c(C)c1. The van der Waals surface area contributed by atoms with Gasteiger partial charge in [-0.1, -0.05) is 24.3 Å². The molecule has 0 saturated carbocycles. The van der Waals surface area contributed by atoms with Crippen molar-refractivity contribution in [2.75, 3.05) is 18.0 Å². The predicted octanol–water partition coefficient (Wildman–Crippen LogP) is 3.50. The van der Waals surface area contributed by atoms with Crippen molar-refractivity contribution < 1.29 is 9.59 Å². The first kappa shape index (κ1) is 18.7. The molecule has 0 bridgehead atoms. The molecule has 0 unspecified atom stereocenters. The molecular weight excluding hydrogens is 338 g/mol. The fourth-order valence-electron chi connectivity index (χ4n) is 3.18. The van der Waals surface area contributed by atoms with Crippen molar-refractivity contribution in [1.82, 2.24) is 10.3 Å². The number of H-pyrrole nitrogens is 1. The normalized spacial score (nSPS) is 10.8. The van der Waals surface area contributed by atoms with E-state index < -0.39 is 0 Å². The Morgan fingerprint density at radius 2 is 1.85 bits per heavy atom. The first-order valence-corrected chi connectivity index (χ1v) is 9.13. The highest BCUT2D eigenvalue weighted by Crippen LogP contribution is 2.19. The summed E-state index contributed by atoms with van der Waals surface area (Å²) in [5.41, 5.74) is 5.19. The molecule has 3 aromatic rings. The molecule has 2 aromatic carbocycles. The molecule has 5 nitrogen and oxygen atoms in total. The Morgan fingerprint density at radius 3 is 2.59 bits per heavy atom. The van der Waals surface area contributed by atoms with Crippen molar-refractivity contribution in [2.45, 2.75) is 27.2 Å². The number of anilines is 1. The van der Waals surface area contributed by atoms with Crippen LogP contribution in [-0.4, -0.2) is 29.9 Å². The highest BCUT2D eigenvalue weighted by Gasteiger charge is 2.13. The third-order valence-corrected chi connectivity index (χ3v) is 4.87. The molecule has 0 aliphatic heterocycles. The minimum absolute atomic E-state index is 0.0378. The molecule has 0 saturated heterocycles. The van der Waals surface area contributed by atoms with Crippen LogP contribution in [0.4, 0.5) is 5.69 Å². The van der Waals surface area contributed by atoms with Gasteiger partial charge in [0.2, 0.25) is 11.8 Å². The molecule has 27 heavy (non-hydrogen) atoms. The summed E-state index contributed by atoms with van der Waals surface area (Å²) in [5.74, 6) is -0.0903. The fourth-order valence-corrected chi connectivity index (χ4v) is 3.18. The highest BCUT2D eigenvalue weighted by atomic mass is 16.2. The third kappa shape index (κ3) is 4.37. The summed E-state index contributed by atoms with van der Waals surface area (Å²) in [6.07, 6.45) is 2.19. The first-order chi connectivity index (χ1) is 13.0. The second-order valence-electron chi connectivity index (χ2n) is 6.83. The second kappa shape index (κ2) is 8.08. The van der Waals surface area contributed by atoms with Crippen molar-refractivity contribution in [2.24, 2.45) is 0 Å². The monoisotopic (exact) mass is 363 g/mol. The number of hydrogen-bond acceptors (Lipinski definition) is 2. The van der Waals surface area contributed by atoms with Crippen LogP contribution in [-0.2, 0) is 16.0 Å². The molecule has 5 heteroatoms. The Balaban J connectivity index is 1.59. The molecule has 3 rings (SSSR count). The summed E-state index contributed by atoms with van der Waals surface area (Å²) >= 11 is 0. The quantitative estimate of drug-likeness (QED) is 0.704. The summed E-state index contributed by atoms with van der Waals surface area (Å²) in [5, 5.41) is 3.98. The van der Waals surface area contributed by atoms with Crippen molar-refractivity contribution in [3.05, 3.63) is 65.4 Å². The van der Waals surface area contributed by atoms with Crippen molar-refractivity contribution in [3.8, 4) is 0 Å². The number of fused-ring (bicyclic) bond motifs is 1. The molecule has 140 valence electrons. The Bertz CT molecular complexity index is 975. The molecule has 0 atom stereocenters. The minimum Gasteiger partial charge on any atom is -0.361 e. The van der Waals surface area contributed by atoms with E-state index in [-0.39, 0.29) is 11.8 Å². The summed E-state index contributed by atoms with van der Waals surface area (Å²) in [4.78, 5) is 29.2. The highest BCUT2D eigenvalue weighted by molar-refractivity contribution is 5.92. The average Bonchev–Trinajstić information content (AvgIpc) is 3.04. The van der Waals surface area contributed by atoms with Crippen LogP contribution in [0.15, 0.2) is 48.7 Å². The molecule has 0 fully saturated rings. The number of hydrogen-bond donors (Lipinski definition) is 2. The van der Waals surface area contributed by atoms with Gasteiger partial charge in [-0.05, 0) is 48.7 Å². The van der Waals surface area contributed by atoms with Crippen molar-refractivity contribution in [1.29, 1.82) is 0 Å². The van der Waals surface area contributed by atoms with Gasteiger partial charge < -0.3 is 15.2 Å². The second-order valence-corrected chi connectivity index (χ2v) is 6.83. The van der Waals surface area contributed by atoms with Crippen LogP contribution in [0.1, 0.15) is 23.6 Å². The lowest BCUT2D eigenvalue weighted by Crippen LogP contribution is -2.38. The summed E-state index contributed by atoms with van der Waals surface area (Å²) < 4.78 is 0. The van der Waals surface area contributed by atoms with E-state index in [1.165, 1.54) is 5.56 Å². The zero-order chi connectivity index (χ0) is 19.4. The zero-order valence-corrected chi connectivity index (χ0v) is 16.0. The van der Waals surface area contributed by atoms with Crippen molar-refractivity contribution >= 4 is 28.4 Å². The fraction of sp³-hybridized carbons (Fsp3) is 0.273. The van der Waals surface area contributed by atoms with Gasteiger partial charge in [-0.25, -0.2) is 0 Å². The summed E-state index contributed by atoms with van der Waals surface area (Å²) in [6, 6.07) is 13.9. The zero-order valence-electron chi connectivity index (χ0n) is 16.0. The number of carbonyl (C=O) groups excluding carboxylic acids is 2. The molecular formula is C22H25N3O2. The van der Waals surface area contributed by atoms with Crippen LogP contribution in [0.5, 0.6) is 0 Å². The van der Waals surface area contributed by atoms with Crippen LogP contribution in [0.25, 0.3) is 10.9 Å². The number of aromatic amines is 1. The van der Waals surface area contributed by atoms with Gasteiger partial charge in [0.15, 0.2) is 0 Å². The molecule has 1 aromatic heterocycles. The van der Waals surface area contributed by atoms with Gasteiger partial charge in [0, 0.05) is 42.8 Å². The van der Waals surface area contributed by atoms with Gasteiger partial charge in [0.05, 0.1) is 6.42 Å². The third-order valence-electron chi connectivity index (χ3n) is 4.87. The Kier molecular flexibility index (Phi) is 5.60. The van der Waals surface area contributed by atoms with E-state index in [9.17, 15) is 9.59 Å². The van der Waals surface area contributed by atoms with Crippen molar-refractivity contribution in [3.63, 3.8) is 0 Å². The maximum Gasteiger partial charge on any atom is 0.224 e. The number of rotatable bonds is 6. The Hall–Kier alpha value is -3.08. The number of benzene rings is 2. The maximum atomic E-state index is 12.3. The molecule has 0 aliphatic carbocycles. The number of aryl methyl sites for hydroxylation is 2. The average molecular weight is 363 g/mol. The standard InChI is InChI=1S/C22H25N3O2/c1-15-8-9-19(12-16(15)2)25(17(3)26)11-10-23-22(27)13-18-14-24-21-7-5-4-6-20(18)21/h4-9,12,14,24H,10-11,13H2,1-3H3,(H,23,27). The van der Waals surface area contributed by atoms with Gasteiger partial charge in [-0.15, -0.1) is 0 Å². The van der Waals surface area contributed by atoms with Gasteiger partial charge in [0.25, 0.3) is 0 Å². The Morgan fingerprint density at radius 1 is 1.07 bits per heavy atom. The van der Waals surface area contributed by atoms with Gasteiger partial charge in [0.1, 0.15) is 0 Å². The summed E-state index contributed by atoms with van der Waals surface area (Å²) in [7, 11) is 0. The van der Waals surface area contributed by atoms with Gasteiger partial charge in [-0.3, -0.25) is 9.59 Å². The molecule has 2 amide bonds. The number of nitrogens with zero attached hydrogens (tertiary/aromatic N) is 1. The lowest BCUT2D eigenvalue weighted by molar-refractivity contribution is -0.121. The molecule has 0 aliphatic rings. The largest absolute Gasteiger partial charge is 0.361 e. The van der Waals surface area contributed by atoms with Crippen LogP contribution in [0.3, 0.4) is 0 Å². The number of nitrogens with one attached hydrogen (secondary N) is 2. The van der Waals surface area contributed by atoms with E-state index >= 15 is 0 Å². The molecule has 0 radical (unpaired) electrons. The van der Waals surface area contributed by atoms with Gasteiger partial charge in [-0.2, -0.15) is 0 Å². The summed E-state index contributed by atoms with van der Waals surface area (Å²) in [6.45, 7) is 6.47. The smallest absolute Gasteiger partial charge is 0.224 e. The number of aromatic nitrogens is 1. The Labute approximate surface area is 159 Å². The topological polar surface area (TPSA) is 65.2 Å². The first-order valence-electron chi connectivity index (χ1n) is 9.13. The number of carbonyl (C=O) groups is 2. The van der Waals surface area contributed by atoms with Gasteiger partial charge >= 0.3 is 0 Å². The number of amides is 2. The van der Waals surface area contributed by atoms with Crippen LogP contribution in [0, 0.1) is 13.8 Å². The van der Waals surface area contributed by atoms with Crippen LogP contribution >= 0.6 is 0 Å². The molecule has 1 heterocycles. The van der Waals surface area contributed by atoms with Crippen LogP contribution < -0.4 is 10.2 Å². The van der Waals surface area contributed by atoms with E-state index in [0.717, 1.165) is 27.7 Å².